The summed E-state index contributed by atoms with van der Waals surface area (Å²) in [4.78, 5) is 0.242. The van der Waals surface area contributed by atoms with Crippen LogP contribution >= 0.6 is 12.2 Å². The molecule has 5 nitrogen and oxygen atoms in total. The zero-order chi connectivity index (χ0) is 15.2. The fourth-order valence-electron chi connectivity index (χ4n) is 1.46. The molecule has 0 aromatic heterocycles. The first-order valence-corrected chi connectivity index (χ1v) is 8.39. The molecule has 0 saturated heterocycles. The number of hydrogen-bond donors (Lipinski definition) is 3. The van der Waals surface area contributed by atoms with Gasteiger partial charge in [-0.15, -0.1) is 0 Å². The smallest absolute Gasteiger partial charge is 0.240 e. The van der Waals surface area contributed by atoms with E-state index in [1.807, 2.05) is 0 Å². The number of benzene rings is 1. The van der Waals surface area contributed by atoms with Crippen LogP contribution in [-0.4, -0.2) is 26.6 Å². The number of anilines is 1. The molecular formula is C13H21N3O2S2. The normalized spacial score (nSPS) is 11.4. The van der Waals surface area contributed by atoms with Gasteiger partial charge in [-0.3, -0.25) is 0 Å². The van der Waals surface area contributed by atoms with Crippen molar-refractivity contribution < 1.29 is 8.42 Å². The number of rotatable bonds is 6. The maximum Gasteiger partial charge on any atom is 0.240 e. The summed E-state index contributed by atoms with van der Waals surface area (Å²) in [5, 5.41) is 6.63. The van der Waals surface area contributed by atoms with Gasteiger partial charge in [0.25, 0.3) is 0 Å². The average molecular weight is 315 g/mol. The van der Waals surface area contributed by atoms with Gasteiger partial charge >= 0.3 is 0 Å². The maximum absolute atomic E-state index is 11.8. The van der Waals surface area contributed by atoms with Crippen molar-refractivity contribution in [2.75, 3.05) is 18.4 Å². The Morgan fingerprint density at radius 3 is 2.35 bits per heavy atom. The van der Waals surface area contributed by atoms with E-state index in [0.29, 0.717) is 17.6 Å². The van der Waals surface area contributed by atoms with Gasteiger partial charge in [0, 0.05) is 18.8 Å². The van der Waals surface area contributed by atoms with Crippen LogP contribution in [0.3, 0.4) is 0 Å². The summed E-state index contributed by atoms with van der Waals surface area (Å²) < 4.78 is 26.0. The summed E-state index contributed by atoms with van der Waals surface area (Å²) in [7, 11) is -3.40. The van der Waals surface area contributed by atoms with E-state index in [2.05, 4.69) is 29.2 Å². The molecule has 0 unspecified atom stereocenters. The Balaban J connectivity index is 2.65. The number of hydrogen-bond acceptors (Lipinski definition) is 3. The molecular weight excluding hydrogens is 294 g/mol. The highest BCUT2D eigenvalue weighted by molar-refractivity contribution is 7.89. The minimum Gasteiger partial charge on any atom is -0.362 e. The largest absolute Gasteiger partial charge is 0.362 e. The van der Waals surface area contributed by atoms with Crippen molar-refractivity contribution in [3.63, 3.8) is 0 Å². The zero-order valence-electron chi connectivity index (χ0n) is 11.9. The van der Waals surface area contributed by atoms with Crippen LogP contribution in [0.1, 0.15) is 20.8 Å². The standard InChI is InChI=1S/C13H21N3O2S2/c1-4-15-20(17,18)12-7-5-11(6-8-12)16-13(19)14-9-10(2)3/h5-8,10,15H,4,9H2,1-3H3,(H2,14,16,19). The van der Waals surface area contributed by atoms with Crippen LogP contribution in [0.4, 0.5) is 5.69 Å². The topological polar surface area (TPSA) is 70.2 Å². The highest BCUT2D eigenvalue weighted by atomic mass is 32.2. The van der Waals surface area contributed by atoms with E-state index in [1.54, 1.807) is 31.2 Å². The van der Waals surface area contributed by atoms with Crippen molar-refractivity contribution in [1.29, 1.82) is 0 Å². The third-order valence-corrected chi connectivity index (χ3v) is 4.24. The van der Waals surface area contributed by atoms with Gasteiger partial charge < -0.3 is 10.6 Å². The Morgan fingerprint density at radius 2 is 1.85 bits per heavy atom. The summed E-state index contributed by atoms with van der Waals surface area (Å²) >= 11 is 5.15. The van der Waals surface area contributed by atoms with Gasteiger partial charge in [-0.25, -0.2) is 13.1 Å². The summed E-state index contributed by atoms with van der Waals surface area (Å²) in [5.74, 6) is 0.502. The molecule has 0 spiro atoms. The fourth-order valence-corrected chi connectivity index (χ4v) is 2.71. The molecule has 3 N–H and O–H groups in total. The number of nitrogens with one attached hydrogen (secondary N) is 3. The Labute approximate surface area is 126 Å². The van der Waals surface area contributed by atoms with Crippen LogP contribution in [0.15, 0.2) is 29.2 Å². The van der Waals surface area contributed by atoms with Crippen LogP contribution in [0, 0.1) is 5.92 Å². The lowest BCUT2D eigenvalue weighted by molar-refractivity contribution is 0.584. The van der Waals surface area contributed by atoms with Crippen molar-refractivity contribution in [3.8, 4) is 0 Å². The molecule has 0 aliphatic heterocycles. The van der Waals surface area contributed by atoms with Crippen LogP contribution in [0.25, 0.3) is 0 Å². The second-order valence-electron chi connectivity index (χ2n) is 4.75. The van der Waals surface area contributed by atoms with E-state index in [9.17, 15) is 8.42 Å². The minimum absolute atomic E-state index is 0.242. The summed E-state index contributed by atoms with van der Waals surface area (Å²) in [6.07, 6.45) is 0. The second-order valence-corrected chi connectivity index (χ2v) is 6.93. The lowest BCUT2D eigenvalue weighted by Gasteiger charge is -2.12. The van der Waals surface area contributed by atoms with E-state index in [-0.39, 0.29) is 4.90 Å². The van der Waals surface area contributed by atoms with Crippen LogP contribution in [-0.2, 0) is 10.0 Å². The monoisotopic (exact) mass is 315 g/mol. The first-order valence-electron chi connectivity index (χ1n) is 6.49. The predicted molar refractivity (Wildman–Crippen MR) is 86.4 cm³/mol. The summed E-state index contributed by atoms with van der Waals surface area (Å²) in [6.45, 7) is 7.09. The highest BCUT2D eigenvalue weighted by Crippen LogP contribution is 2.13. The van der Waals surface area contributed by atoms with Gasteiger partial charge in [-0.2, -0.15) is 0 Å². The molecule has 0 fully saturated rings. The van der Waals surface area contributed by atoms with Crippen LogP contribution < -0.4 is 15.4 Å². The molecule has 1 rings (SSSR count). The first-order chi connectivity index (χ1) is 9.35. The van der Waals surface area contributed by atoms with Crippen molar-refractivity contribution >= 4 is 33.0 Å². The predicted octanol–water partition coefficient (Wildman–Crippen LogP) is 1.93. The molecule has 0 radical (unpaired) electrons. The van der Waals surface area contributed by atoms with Crippen molar-refractivity contribution in [3.05, 3.63) is 24.3 Å². The molecule has 7 heteroatoms. The van der Waals surface area contributed by atoms with Gasteiger partial charge in [0.05, 0.1) is 4.90 Å². The Morgan fingerprint density at radius 1 is 1.25 bits per heavy atom. The quantitative estimate of drug-likeness (QED) is 0.700. The molecule has 0 saturated carbocycles. The van der Waals surface area contributed by atoms with E-state index in [1.165, 1.54) is 0 Å². The van der Waals surface area contributed by atoms with Gasteiger partial charge in [0.2, 0.25) is 10.0 Å². The average Bonchev–Trinajstić information content (AvgIpc) is 2.37. The molecule has 112 valence electrons. The Bertz CT molecular complexity index is 539. The van der Waals surface area contributed by atoms with E-state index < -0.39 is 10.0 Å². The van der Waals surface area contributed by atoms with Gasteiger partial charge in [0.15, 0.2) is 5.11 Å². The Hall–Kier alpha value is -1.18. The van der Waals surface area contributed by atoms with E-state index in [0.717, 1.165) is 12.2 Å². The summed E-state index contributed by atoms with van der Waals surface area (Å²) in [5.41, 5.74) is 0.752. The third-order valence-electron chi connectivity index (χ3n) is 2.43. The van der Waals surface area contributed by atoms with E-state index >= 15 is 0 Å². The van der Waals surface area contributed by atoms with Crippen molar-refractivity contribution in [2.24, 2.45) is 5.92 Å². The van der Waals surface area contributed by atoms with Crippen molar-refractivity contribution in [2.45, 2.75) is 25.7 Å². The molecule has 0 aliphatic carbocycles. The van der Waals surface area contributed by atoms with Crippen LogP contribution in [0.5, 0.6) is 0 Å². The molecule has 0 heterocycles. The molecule has 0 bridgehead atoms. The molecule has 1 aromatic rings. The fraction of sp³-hybridized carbons (Fsp3) is 0.462. The SMILES string of the molecule is CCNS(=O)(=O)c1ccc(NC(=S)NCC(C)C)cc1. The lowest BCUT2D eigenvalue weighted by atomic mass is 10.2. The molecule has 0 aliphatic rings. The van der Waals surface area contributed by atoms with Gasteiger partial charge in [-0.05, 0) is 42.4 Å². The van der Waals surface area contributed by atoms with E-state index in [4.69, 9.17) is 12.2 Å². The summed E-state index contributed by atoms with van der Waals surface area (Å²) in [6, 6.07) is 6.47. The van der Waals surface area contributed by atoms with Crippen LogP contribution in [0.2, 0.25) is 0 Å². The molecule has 0 amide bonds. The second kappa shape index (κ2) is 7.56. The number of sulfonamides is 1. The minimum atomic E-state index is -3.40. The lowest BCUT2D eigenvalue weighted by Crippen LogP contribution is -2.31. The highest BCUT2D eigenvalue weighted by Gasteiger charge is 2.11. The first kappa shape index (κ1) is 16.9. The Kier molecular flexibility index (Phi) is 6.38. The molecule has 1 aromatic carbocycles. The molecule has 20 heavy (non-hydrogen) atoms. The van der Waals surface area contributed by atoms with Gasteiger partial charge in [-0.1, -0.05) is 20.8 Å². The number of thiocarbonyl (C=S) groups is 1. The van der Waals surface area contributed by atoms with Crippen molar-refractivity contribution in [1.82, 2.24) is 10.0 Å². The zero-order valence-corrected chi connectivity index (χ0v) is 13.6. The maximum atomic E-state index is 11.8. The third kappa shape index (κ3) is 5.44. The molecule has 0 atom stereocenters. The van der Waals surface area contributed by atoms with Gasteiger partial charge in [0.1, 0.15) is 0 Å².